The summed E-state index contributed by atoms with van der Waals surface area (Å²) < 4.78 is 6.91. The number of hydrogen-bond acceptors (Lipinski definition) is 5. The van der Waals surface area contributed by atoms with E-state index in [4.69, 9.17) is 4.74 Å². The van der Waals surface area contributed by atoms with Gasteiger partial charge < -0.3 is 10.1 Å². The molecule has 27 heavy (non-hydrogen) atoms. The number of methoxy groups -OCH3 is 1. The highest BCUT2D eigenvalue weighted by atomic mass is 32.1. The van der Waals surface area contributed by atoms with Crippen molar-refractivity contribution in [2.75, 3.05) is 13.7 Å². The van der Waals surface area contributed by atoms with Crippen LogP contribution in [0.25, 0.3) is 27.9 Å². The van der Waals surface area contributed by atoms with Gasteiger partial charge in [-0.25, -0.2) is 5.10 Å². The van der Waals surface area contributed by atoms with Crippen molar-refractivity contribution < 1.29 is 14.0 Å². The molecule has 8 nitrogen and oxygen atoms in total. The third kappa shape index (κ3) is 3.46. The summed E-state index contributed by atoms with van der Waals surface area (Å²) in [6.07, 6.45) is 9.23. The molecule has 0 radical (unpaired) electrons. The summed E-state index contributed by atoms with van der Waals surface area (Å²) in [5, 5.41) is 14.8. The Morgan fingerprint density at radius 2 is 2.22 bits per heavy atom. The van der Waals surface area contributed by atoms with Crippen LogP contribution in [0, 0.1) is 0 Å². The van der Waals surface area contributed by atoms with Gasteiger partial charge in [-0.2, -0.15) is 5.10 Å². The molecule has 9 heteroatoms. The number of rotatable bonds is 6. The number of carbonyl (C=O) groups excluding carboxylic acids is 1. The van der Waals surface area contributed by atoms with E-state index in [0.29, 0.717) is 11.5 Å². The summed E-state index contributed by atoms with van der Waals surface area (Å²) >= 11 is 1.41. The van der Waals surface area contributed by atoms with Crippen LogP contribution in [-0.4, -0.2) is 45.9 Å². The summed E-state index contributed by atoms with van der Waals surface area (Å²) in [7, 11) is 1.62. The van der Waals surface area contributed by atoms with Crippen molar-refractivity contribution in [3.8, 4) is 22.3 Å². The molecule has 0 aromatic carbocycles. The average molecular weight is 383 g/mol. The first-order valence-corrected chi connectivity index (χ1v) is 9.30. The Morgan fingerprint density at radius 1 is 1.33 bits per heavy atom. The van der Waals surface area contributed by atoms with Gasteiger partial charge in [-0.15, -0.1) is 15.9 Å². The number of hydrogen-bond donors (Lipinski definition) is 3. The summed E-state index contributed by atoms with van der Waals surface area (Å²) in [6, 6.07) is 1.84. The van der Waals surface area contributed by atoms with E-state index in [1.54, 1.807) is 13.3 Å². The maximum Gasteiger partial charge on any atom is 0.355 e. The molecular weight excluding hydrogens is 364 g/mol. The second-order valence-corrected chi connectivity index (χ2v) is 7.15. The van der Waals surface area contributed by atoms with Crippen molar-refractivity contribution in [3.05, 3.63) is 47.3 Å². The highest BCUT2D eigenvalue weighted by Gasteiger charge is 2.19. The number of ether oxygens (including phenoxy) is 1. The van der Waals surface area contributed by atoms with E-state index in [1.807, 2.05) is 47.7 Å². The lowest BCUT2D eigenvalue weighted by Gasteiger charge is -2.11. The fourth-order valence-corrected chi connectivity index (χ4v) is 3.69. The van der Waals surface area contributed by atoms with E-state index in [2.05, 4.69) is 25.6 Å². The molecule has 4 aromatic rings. The minimum atomic E-state index is -0.0986. The maximum absolute atomic E-state index is 12.4. The Balaban J connectivity index is 1.60. The third-order valence-electron chi connectivity index (χ3n) is 4.17. The third-order valence-corrected chi connectivity index (χ3v) is 5.10. The topological polar surface area (TPSA) is 99.8 Å². The van der Waals surface area contributed by atoms with Crippen LogP contribution in [-0.2, 0) is 4.74 Å². The lowest BCUT2D eigenvalue weighted by molar-refractivity contribution is -0.578. The largest absolute Gasteiger partial charge is 0.383 e. The first-order chi connectivity index (χ1) is 13.2. The van der Waals surface area contributed by atoms with Crippen LogP contribution in [0.1, 0.15) is 16.6 Å². The monoisotopic (exact) mass is 383 g/mol. The average Bonchev–Trinajstić information content (AvgIpc) is 3.40. The molecule has 4 heterocycles. The van der Waals surface area contributed by atoms with Crippen LogP contribution in [0.2, 0.25) is 0 Å². The van der Waals surface area contributed by atoms with Crippen LogP contribution in [0.15, 0.2) is 42.4 Å². The fraction of sp³-hybridized carbons (Fsp3) is 0.222. The molecule has 3 N–H and O–H groups in total. The number of carbonyl (C=O) groups is 1. The van der Waals surface area contributed by atoms with Gasteiger partial charge in [0.2, 0.25) is 0 Å². The number of nitrogens with one attached hydrogen (secondary N) is 3. The normalized spacial score (nSPS) is 12.4. The molecule has 4 aromatic heterocycles. The molecule has 1 atom stereocenters. The van der Waals surface area contributed by atoms with E-state index in [0.717, 1.165) is 27.9 Å². The second kappa shape index (κ2) is 7.29. The lowest BCUT2D eigenvalue weighted by Crippen LogP contribution is -2.35. The number of aromatic amines is 2. The quantitative estimate of drug-likeness (QED) is 0.444. The number of aromatic nitrogens is 5. The van der Waals surface area contributed by atoms with Gasteiger partial charge in [-0.3, -0.25) is 9.89 Å². The van der Waals surface area contributed by atoms with Gasteiger partial charge in [0.15, 0.2) is 6.20 Å². The zero-order valence-corrected chi connectivity index (χ0v) is 15.7. The SMILES string of the molecule is COCC(C)NC(=O)c1cc(-c2c[nH][n+]3cc(-c4cn[nH]c4)cnc23)cs1. The highest BCUT2D eigenvalue weighted by molar-refractivity contribution is 7.12. The fourth-order valence-electron chi connectivity index (χ4n) is 2.88. The van der Waals surface area contributed by atoms with Crippen LogP contribution >= 0.6 is 11.3 Å². The molecule has 0 spiro atoms. The van der Waals surface area contributed by atoms with E-state index < -0.39 is 0 Å². The number of nitrogens with zero attached hydrogens (tertiary/aromatic N) is 3. The predicted molar refractivity (Wildman–Crippen MR) is 101 cm³/mol. The Labute approximate surface area is 159 Å². The minimum absolute atomic E-state index is 0.0419. The standard InChI is InChI=1S/C18H18N6O2S/c1-11(9-26-2)23-18(25)16-3-12(10-27-16)15-7-22-24-8-14(4-19-17(15)24)13-5-20-21-6-13/h3-8,10-11H,9H2,1-2H3,(H2,20,21,23,25)/p+1. The van der Waals surface area contributed by atoms with Crippen molar-refractivity contribution >= 4 is 22.9 Å². The number of amides is 1. The van der Waals surface area contributed by atoms with E-state index in [1.165, 1.54) is 11.3 Å². The molecule has 0 fully saturated rings. The molecule has 0 bridgehead atoms. The first kappa shape index (κ1) is 17.4. The summed E-state index contributed by atoms with van der Waals surface area (Å²) in [5.41, 5.74) is 4.60. The van der Waals surface area contributed by atoms with Crippen molar-refractivity contribution in [2.45, 2.75) is 13.0 Å². The maximum atomic E-state index is 12.4. The predicted octanol–water partition coefficient (Wildman–Crippen LogP) is 2.03. The van der Waals surface area contributed by atoms with Gasteiger partial charge in [-0.1, -0.05) is 0 Å². The Hall–Kier alpha value is -3.04. The molecule has 1 amide bonds. The number of fused-ring (bicyclic) bond motifs is 1. The lowest BCUT2D eigenvalue weighted by atomic mass is 10.1. The van der Waals surface area contributed by atoms with E-state index in [-0.39, 0.29) is 11.9 Å². The highest BCUT2D eigenvalue weighted by Crippen LogP contribution is 2.27. The number of thiophene rings is 1. The van der Waals surface area contributed by atoms with Gasteiger partial charge in [0.05, 0.1) is 35.0 Å². The van der Waals surface area contributed by atoms with Gasteiger partial charge in [-0.05, 0) is 23.4 Å². The van der Waals surface area contributed by atoms with Crippen LogP contribution in [0.5, 0.6) is 0 Å². The summed E-state index contributed by atoms with van der Waals surface area (Å²) in [5.74, 6) is -0.0986. The van der Waals surface area contributed by atoms with E-state index in [9.17, 15) is 4.79 Å². The molecule has 0 saturated heterocycles. The smallest absolute Gasteiger partial charge is 0.355 e. The summed E-state index contributed by atoms with van der Waals surface area (Å²) in [4.78, 5) is 17.6. The first-order valence-electron chi connectivity index (χ1n) is 8.42. The van der Waals surface area contributed by atoms with Crippen molar-refractivity contribution in [1.82, 2.24) is 25.6 Å². The Morgan fingerprint density at radius 3 is 3.00 bits per heavy atom. The Bertz CT molecular complexity index is 1070. The molecule has 0 aliphatic carbocycles. The van der Waals surface area contributed by atoms with Crippen molar-refractivity contribution in [2.24, 2.45) is 0 Å². The molecule has 0 aliphatic rings. The van der Waals surface area contributed by atoms with Crippen molar-refractivity contribution in [3.63, 3.8) is 0 Å². The molecule has 0 saturated carbocycles. The van der Waals surface area contributed by atoms with Gasteiger partial charge in [0.1, 0.15) is 6.20 Å². The Kier molecular flexibility index (Phi) is 4.69. The van der Waals surface area contributed by atoms with Crippen molar-refractivity contribution in [1.29, 1.82) is 0 Å². The second-order valence-electron chi connectivity index (χ2n) is 6.24. The van der Waals surface area contributed by atoms with Crippen LogP contribution in [0.3, 0.4) is 0 Å². The molecular formula is C18H19N6O2S+. The van der Waals surface area contributed by atoms with Crippen LogP contribution in [0.4, 0.5) is 0 Å². The molecule has 0 aliphatic heterocycles. The van der Waals surface area contributed by atoms with Gasteiger partial charge in [0.25, 0.3) is 5.91 Å². The zero-order chi connectivity index (χ0) is 18.8. The number of H-pyrrole nitrogens is 2. The van der Waals surface area contributed by atoms with Crippen LogP contribution < -0.4 is 9.83 Å². The summed E-state index contributed by atoms with van der Waals surface area (Å²) in [6.45, 7) is 2.39. The molecule has 4 rings (SSSR count). The minimum Gasteiger partial charge on any atom is -0.383 e. The zero-order valence-electron chi connectivity index (χ0n) is 14.9. The van der Waals surface area contributed by atoms with Gasteiger partial charge >= 0.3 is 5.65 Å². The molecule has 1 unspecified atom stereocenters. The molecule has 138 valence electrons. The van der Waals surface area contributed by atoms with Gasteiger partial charge in [0, 0.05) is 30.5 Å². The van der Waals surface area contributed by atoms with E-state index >= 15 is 0 Å².